The van der Waals surface area contributed by atoms with E-state index in [2.05, 4.69) is 85.1 Å². The summed E-state index contributed by atoms with van der Waals surface area (Å²) >= 11 is 0. The number of nitrogens with one attached hydrogen (secondary N) is 2. The second kappa shape index (κ2) is 12.3. The van der Waals surface area contributed by atoms with Crippen LogP contribution in [0.5, 0.6) is 0 Å². The highest BCUT2D eigenvalue weighted by Gasteiger charge is 1.98. The Kier molecular flexibility index (Phi) is 9.61. The van der Waals surface area contributed by atoms with Gasteiger partial charge in [0.2, 0.25) is 0 Å². The lowest BCUT2D eigenvalue weighted by molar-refractivity contribution is 0.581. The van der Waals surface area contributed by atoms with Crippen LogP contribution in [0.3, 0.4) is 0 Å². The largest absolute Gasteiger partial charge is 0.385 e. The molecule has 0 amide bonds. The summed E-state index contributed by atoms with van der Waals surface area (Å²) in [6, 6.07) is 17.1. The summed E-state index contributed by atoms with van der Waals surface area (Å²) in [6.07, 6.45) is 10.9. The molecule has 0 aliphatic heterocycles. The number of hydrogen-bond acceptors (Lipinski definition) is 3. The third-order valence-electron chi connectivity index (χ3n) is 4.92. The predicted molar refractivity (Wildman–Crippen MR) is 122 cm³/mol. The molecular weight excluding hydrogens is 330 g/mol. The first-order chi connectivity index (χ1) is 13.2. The molecule has 0 saturated carbocycles. The highest BCUT2D eigenvalue weighted by atomic mass is 15.1. The average Bonchev–Trinajstić information content (AvgIpc) is 2.68. The fourth-order valence-electron chi connectivity index (χ4n) is 3.17. The van der Waals surface area contributed by atoms with Crippen molar-refractivity contribution in [3.63, 3.8) is 0 Å². The maximum absolute atomic E-state index is 3.53. The minimum absolute atomic E-state index is 1.06. The van der Waals surface area contributed by atoms with Crippen LogP contribution in [0.2, 0.25) is 0 Å². The third kappa shape index (κ3) is 8.38. The lowest BCUT2D eigenvalue weighted by Crippen LogP contribution is -2.08. The third-order valence-corrected chi connectivity index (χ3v) is 4.92. The number of unbranched alkanes of at least 4 members (excludes halogenated alkanes) is 7. The quantitative estimate of drug-likeness (QED) is 0.371. The first-order valence-electron chi connectivity index (χ1n) is 10.6. The van der Waals surface area contributed by atoms with E-state index in [1.807, 2.05) is 0 Å². The molecule has 3 nitrogen and oxygen atoms in total. The van der Waals surface area contributed by atoms with Crippen LogP contribution >= 0.6 is 0 Å². The van der Waals surface area contributed by atoms with E-state index in [1.165, 1.54) is 62.7 Å². The first kappa shape index (κ1) is 21.1. The zero-order valence-electron chi connectivity index (χ0n) is 17.4. The van der Waals surface area contributed by atoms with E-state index in [1.54, 1.807) is 0 Å². The van der Waals surface area contributed by atoms with Crippen LogP contribution in [0.4, 0.5) is 22.7 Å². The van der Waals surface area contributed by atoms with Gasteiger partial charge in [-0.2, -0.15) is 0 Å². The molecule has 0 heterocycles. The summed E-state index contributed by atoms with van der Waals surface area (Å²) in [7, 11) is 4.11. The molecule has 27 heavy (non-hydrogen) atoms. The minimum atomic E-state index is 1.06. The Morgan fingerprint density at radius 1 is 0.630 bits per heavy atom. The maximum Gasteiger partial charge on any atom is 0.0385 e. The summed E-state index contributed by atoms with van der Waals surface area (Å²) in [6.45, 7) is 3.34. The van der Waals surface area contributed by atoms with Crippen molar-refractivity contribution >= 4 is 22.7 Å². The van der Waals surface area contributed by atoms with Crippen molar-refractivity contribution in [2.75, 3.05) is 36.2 Å². The zero-order valence-corrected chi connectivity index (χ0v) is 17.4. The smallest absolute Gasteiger partial charge is 0.0385 e. The standard InChI is InChI=1S/C24H37N3/c1-4-5-6-7-8-9-10-11-20-25-21-12-14-22(15-13-21)26-23-16-18-24(19-17-23)27(2)3/h12-19,25-26H,4-11,20H2,1-3H3. The van der Waals surface area contributed by atoms with Crippen molar-refractivity contribution in [1.29, 1.82) is 0 Å². The topological polar surface area (TPSA) is 27.3 Å². The van der Waals surface area contributed by atoms with Crippen molar-refractivity contribution in [3.8, 4) is 0 Å². The van der Waals surface area contributed by atoms with Gasteiger partial charge in [0, 0.05) is 43.4 Å². The summed E-state index contributed by atoms with van der Waals surface area (Å²) in [5, 5.41) is 6.99. The van der Waals surface area contributed by atoms with E-state index >= 15 is 0 Å². The molecule has 3 heteroatoms. The molecule has 0 unspecified atom stereocenters. The summed E-state index contributed by atoms with van der Waals surface area (Å²) in [5.74, 6) is 0. The van der Waals surface area contributed by atoms with Gasteiger partial charge in [-0.15, -0.1) is 0 Å². The number of nitrogens with zero attached hydrogens (tertiary/aromatic N) is 1. The second-order valence-corrected chi connectivity index (χ2v) is 7.55. The number of rotatable bonds is 13. The van der Waals surface area contributed by atoms with Crippen LogP contribution in [0, 0.1) is 0 Å². The Hall–Kier alpha value is -2.16. The van der Waals surface area contributed by atoms with Gasteiger partial charge in [-0.1, -0.05) is 51.9 Å². The zero-order chi connectivity index (χ0) is 19.3. The van der Waals surface area contributed by atoms with E-state index in [9.17, 15) is 0 Å². The molecule has 148 valence electrons. The Morgan fingerprint density at radius 3 is 1.67 bits per heavy atom. The SMILES string of the molecule is CCCCCCCCCCNc1ccc(Nc2ccc(N(C)C)cc2)cc1. The first-order valence-corrected chi connectivity index (χ1v) is 10.6. The predicted octanol–water partition coefficient (Wildman–Crippen LogP) is 7.05. The molecule has 0 aliphatic rings. The summed E-state index contributed by atoms with van der Waals surface area (Å²) in [5.41, 5.74) is 4.64. The Balaban J connectivity index is 1.63. The molecule has 2 aromatic carbocycles. The number of benzene rings is 2. The Labute approximate surface area is 166 Å². The fraction of sp³-hybridized carbons (Fsp3) is 0.500. The van der Waals surface area contributed by atoms with Crippen LogP contribution in [-0.2, 0) is 0 Å². The maximum atomic E-state index is 3.53. The highest BCUT2D eigenvalue weighted by Crippen LogP contribution is 2.21. The average molecular weight is 368 g/mol. The number of anilines is 4. The summed E-state index contributed by atoms with van der Waals surface area (Å²) < 4.78 is 0. The fourth-order valence-corrected chi connectivity index (χ4v) is 3.17. The van der Waals surface area contributed by atoms with Gasteiger partial charge in [0.25, 0.3) is 0 Å². The van der Waals surface area contributed by atoms with Crippen molar-refractivity contribution < 1.29 is 0 Å². The molecular formula is C24H37N3. The molecule has 0 aliphatic carbocycles. The second-order valence-electron chi connectivity index (χ2n) is 7.55. The van der Waals surface area contributed by atoms with Crippen molar-refractivity contribution in [2.24, 2.45) is 0 Å². The van der Waals surface area contributed by atoms with Crippen LogP contribution in [-0.4, -0.2) is 20.6 Å². The van der Waals surface area contributed by atoms with E-state index in [4.69, 9.17) is 0 Å². The van der Waals surface area contributed by atoms with Gasteiger partial charge in [-0.05, 0) is 55.0 Å². The van der Waals surface area contributed by atoms with Gasteiger partial charge >= 0.3 is 0 Å². The highest BCUT2D eigenvalue weighted by molar-refractivity contribution is 5.64. The Morgan fingerprint density at radius 2 is 1.11 bits per heavy atom. The lowest BCUT2D eigenvalue weighted by atomic mass is 10.1. The van der Waals surface area contributed by atoms with Crippen molar-refractivity contribution in [1.82, 2.24) is 0 Å². The Bertz CT molecular complexity index is 617. The van der Waals surface area contributed by atoms with E-state index in [0.29, 0.717) is 0 Å². The monoisotopic (exact) mass is 367 g/mol. The molecule has 2 aromatic rings. The van der Waals surface area contributed by atoms with Crippen LogP contribution in [0.25, 0.3) is 0 Å². The van der Waals surface area contributed by atoms with Gasteiger partial charge in [-0.3, -0.25) is 0 Å². The van der Waals surface area contributed by atoms with Gasteiger partial charge in [0.1, 0.15) is 0 Å². The molecule has 0 radical (unpaired) electrons. The minimum Gasteiger partial charge on any atom is -0.385 e. The molecule has 2 N–H and O–H groups in total. The van der Waals surface area contributed by atoms with Gasteiger partial charge < -0.3 is 15.5 Å². The lowest BCUT2D eigenvalue weighted by Gasteiger charge is -2.13. The molecule has 0 aromatic heterocycles. The van der Waals surface area contributed by atoms with Crippen molar-refractivity contribution in [2.45, 2.75) is 58.3 Å². The molecule has 0 saturated heterocycles. The van der Waals surface area contributed by atoms with E-state index in [-0.39, 0.29) is 0 Å². The van der Waals surface area contributed by atoms with Crippen molar-refractivity contribution in [3.05, 3.63) is 48.5 Å². The van der Waals surface area contributed by atoms with E-state index < -0.39 is 0 Å². The van der Waals surface area contributed by atoms with Crippen LogP contribution in [0.1, 0.15) is 58.3 Å². The molecule has 0 spiro atoms. The normalized spacial score (nSPS) is 10.6. The van der Waals surface area contributed by atoms with Gasteiger partial charge in [0.05, 0.1) is 0 Å². The van der Waals surface area contributed by atoms with Crippen LogP contribution in [0.15, 0.2) is 48.5 Å². The van der Waals surface area contributed by atoms with Gasteiger partial charge in [-0.25, -0.2) is 0 Å². The van der Waals surface area contributed by atoms with Gasteiger partial charge in [0.15, 0.2) is 0 Å². The van der Waals surface area contributed by atoms with Crippen LogP contribution < -0.4 is 15.5 Å². The molecule has 0 atom stereocenters. The molecule has 0 fully saturated rings. The molecule has 2 rings (SSSR count). The van der Waals surface area contributed by atoms with E-state index in [0.717, 1.165) is 17.9 Å². The summed E-state index contributed by atoms with van der Waals surface area (Å²) in [4.78, 5) is 2.11. The number of hydrogen-bond donors (Lipinski definition) is 2. The molecule has 0 bridgehead atoms.